The lowest BCUT2D eigenvalue weighted by atomic mass is 10.0. The van der Waals surface area contributed by atoms with Crippen molar-refractivity contribution in [1.82, 2.24) is 0 Å². The van der Waals surface area contributed by atoms with Gasteiger partial charge in [0.15, 0.2) is 0 Å². The van der Waals surface area contributed by atoms with Gasteiger partial charge in [-0.25, -0.2) is 0 Å². The van der Waals surface area contributed by atoms with Gasteiger partial charge in [-0.3, -0.25) is 4.79 Å². The first kappa shape index (κ1) is 22.9. The Hall–Kier alpha value is -4.88. The molecule has 36 heavy (non-hydrogen) atoms. The Bertz CT molecular complexity index is 1640. The predicted octanol–water partition coefficient (Wildman–Crippen LogP) is 7.43. The number of amides is 1. The third-order valence-electron chi connectivity index (χ3n) is 6.16. The van der Waals surface area contributed by atoms with Crippen LogP contribution in [0, 0.1) is 18.3 Å². The summed E-state index contributed by atoms with van der Waals surface area (Å²) in [6.07, 6.45) is 1.62. The van der Waals surface area contributed by atoms with Crippen molar-refractivity contribution < 1.29 is 9.53 Å². The highest BCUT2D eigenvalue weighted by atomic mass is 16.5. The molecule has 4 heteroatoms. The molecule has 0 spiro atoms. The Kier molecular flexibility index (Phi) is 6.46. The molecule has 0 aliphatic heterocycles. The lowest BCUT2D eigenvalue weighted by Gasteiger charge is -2.14. The molecule has 5 rings (SSSR count). The Morgan fingerprint density at radius 3 is 2.25 bits per heavy atom. The number of carbonyl (C=O) groups excluding carboxylic acids is 1. The maximum absolute atomic E-state index is 13.0. The van der Waals surface area contributed by atoms with Gasteiger partial charge in [-0.1, -0.05) is 90.5 Å². The van der Waals surface area contributed by atoms with Gasteiger partial charge < -0.3 is 10.1 Å². The van der Waals surface area contributed by atoms with Gasteiger partial charge in [-0.15, -0.1) is 0 Å². The minimum absolute atomic E-state index is 0.00180. The monoisotopic (exact) mass is 468 g/mol. The summed E-state index contributed by atoms with van der Waals surface area (Å²) in [6, 6.07) is 35.6. The number of nitrogens with one attached hydrogen (secondary N) is 1. The van der Waals surface area contributed by atoms with Crippen molar-refractivity contribution >= 4 is 39.2 Å². The number of anilines is 1. The van der Waals surface area contributed by atoms with Crippen molar-refractivity contribution in [3.8, 4) is 11.8 Å². The zero-order chi connectivity index (χ0) is 24.9. The molecular weight excluding hydrogens is 444 g/mol. The number of hydrogen-bond acceptors (Lipinski definition) is 3. The highest BCUT2D eigenvalue weighted by Gasteiger charge is 2.14. The summed E-state index contributed by atoms with van der Waals surface area (Å²) >= 11 is 0. The summed E-state index contributed by atoms with van der Waals surface area (Å²) in [5.74, 6) is 0.145. The molecule has 1 N–H and O–H groups in total. The Balaban J connectivity index is 1.51. The van der Waals surface area contributed by atoms with E-state index in [1.165, 1.54) is 0 Å². The van der Waals surface area contributed by atoms with E-state index in [0.717, 1.165) is 32.7 Å². The van der Waals surface area contributed by atoms with Gasteiger partial charge in [0.25, 0.3) is 5.91 Å². The minimum Gasteiger partial charge on any atom is -0.488 e. The number of rotatable bonds is 6. The molecule has 0 aliphatic carbocycles. The van der Waals surface area contributed by atoms with Crippen LogP contribution in [0.15, 0.2) is 109 Å². The largest absolute Gasteiger partial charge is 0.488 e. The molecule has 0 aromatic heterocycles. The summed E-state index contributed by atoms with van der Waals surface area (Å²) in [5.41, 5.74) is 3.49. The number of aryl methyl sites for hydroxylation is 1. The van der Waals surface area contributed by atoms with E-state index in [4.69, 9.17) is 4.74 Å². The number of nitriles is 1. The van der Waals surface area contributed by atoms with Gasteiger partial charge in [-0.05, 0) is 58.3 Å². The average Bonchev–Trinajstić information content (AvgIpc) is 2.92. The van der Waals surface area contributed by atoms with Crippen molar-refractivity contribution in [3.05, 3.63) is 125 Å². The average molecular weight is 469 g/mol. The predicted molar refractivity (Wildman–Crippen MR) is 146 cm³/mol. The third kappa shape index (κ3) is 4.82. The zero-order valence-corrected chi connectivity index (χ0v) is 19.9. The molecule has 0 fully saturated rings. The summed E-state index contributed by atoms with van der Waals surface area (Å²) in [4.78, 5) is 13.0. The SMILES string of the molecule is Cc1ccc(NC(=O)/C(C#N)=C/c2c(OCc3cccc4ccccc34)ccc3ccccc23)cc1. The fourth-order valence-corrected chi connectivity index (χ4v) is 4.25. The molecule has 0 radical (unpaired) electrons. The van der Waals surface area contributed by atoms with E-state index >= 15 is 0 Å². The highest BCUT2D eigenvalue weighted by molar-refractivity contribution is 6.11. The minimum atomic E-state index is -0.464. The molecule has 0 heterocycles. The van der Waals surface area contributed by atoms with Crippen molar-refractivity contribution in [3.63, 3.8) is 0 Å². The number of benzene rings is 5. The molecule has 0 atom stereocenters. The second-order valence-electron chi connectivity index (χ2n) is 8.62. The standard InChI is InChI=1S/C32H24N2O2/c1-22-13-16-27(17-14-22)34-32(35)26(20-33)19-30-29-12-5-3-8-24(29)15-18-31(30)36-21-25-10-6-9-23-7-2-4-11-28(23)25/h2-19H,21H2,1H3,(H,34,35)/b26-19+. The first-order chi connectivity index (χ1) is 17.6. The van der Waals surface area contributed by atoms with E-state index in [9.17, 15) is 10.1 Å². The van der Waals surface area contributed by atoms with Crippen LogP contribution >= 0.6 is 0 Å². The molecule has 0 bridgehead atoms. The molecule has 5 aromatic carbocycles. The van der Waals surface area contributed by atoms with E-state index in [-0.39, 0.29) is 5.57 Å². The molecule has 0 unspecified atom stereocenters. The first-order valence-electron chi connectivity index (χ1n) is 11.7. The summed E-state index contributed by atoms with van der Waals surface area (Å²) in [7, 11) is 0. The summed E-state index contributed by atoms with van der Waals surface area (Å²) < 4.78 is 6.31. The van der Waals surface area contributed by atoms with Crippen LogP contribution in [-0.4, -0.2) is 5.91 Å². The third-order valence-corrected chi connectivity index (χ3v) is 6.16. The van der Waals surface area contributed by atoms with E-state index in [1.807, 2.05) is 85.8 Å². The second kappa shape index (κ2) is 10.2. The normalized spacial score (nSPS) is 11.3. The number of fused-ring (bicyclic) bond motifs is 2. The summed E-state index contributed by atoms with van der Waals surface area (Å²) in [6.45, 7) is 2.34. The van der Waals surface area contributed by atoms with Gasteiger partial charge in [0, 0.05) is 11.3 Å². The quantitative estimate of drug-likeness (QED) is 0.208. The molecular formula is C32H24N2O2. The van der Waals surface area contributed by atoms with Crippen LogP contribution in [0.25, 0.3) is 27.6 Å². The lowest BCUT2D eigenvalue weighted by molar-refractivity contribution is -0.112. The van der Waals surface area contributed by atoms with Crippen LogP contribution in [0.5, 0.6) is 5.75 Å². The molecule has 174 valence electrons. The van der Waals surface area contributed by atoms with Crippen molar-refractivity contribution in [2.24, 2.45) is 0 Å². The van der Waals surface area contributed by atoms with Crippen molar-refractivity contribution in [2.45, 2.75) is 13.5 Å². The topological polar surface area (TPSA) is 62.1 Å². The molecule has 1 amide bonds. The van der Waals surface area contributed by atoms with Crippen LogP contribution < -0.4 is 10.1 Å². The number of nitrogens with zero attached hydrogens (tertiary/aromatic N) is 1. The Morgan fingerprint density at radius 1 is 0.833 bits per heavy atom. The van der Waals surface area contributed by atoms with Crippen LogP contribution in [-0.2, 0) is 11.4 Å². The van der Waals surface area contributed by atoms with Crippen molar-refractivity contribution in [2.75, 3.05) is 5.32 Å². The van der Waals surface area contributed by atoms with Crippen LogP contribution in [0.4, 0.5) is 5.69 Å². The lowest BCUT2D eigenvalue weighted by Crippen LogP contribution is -2.13. The van der Waals surface area contributed by atoms with E-state index in [0.29, 0.717) is 23.6 Å². The van der Waals surface area contributed by atoms with Gasteiger partial charge in [-0.2, -0.15) is 5.26 Å². The van der Waals surface area contributed by atoms with E-state index in [2.05, 4.69) is 35.7 Å². The second-order valence-corrected chi connectivity index (χ2v) is 8.62. The fraction of sp³-hybridized carbons (Fsp3) is 0.0625. The Morgan fingerprint density at radius 2 is 1.50 bits per heavy atom. The van der Waals surface area contributed by atoms with Gasteiger partial charge in [0.1, 0.15) is 24.0 Å². The van der Waals surface area contributed by atoms with Gasteiger partial charge in [0.2, 0.25) is 0 Å². The highest BCUT2D eigenvalue weighted by Crippen LogP contribution is 2.32. The van der Waals surface area contributed by atoms with Crippen LogP contribution in [0.3, 0.4) is 0 Å². The molecule has 4 nitrogen and oxygen atoms in total. The van der Waals surface area contributed by atoms with Gasteiger partial charge >= 0.3 is 0 Å². The molecule has 0 saturated heterocycles. The number of hydrogen-bond donors (Lipinski definition) is 1. The number of ether oxygens (including phenoxy) is 1. The van der Waals surface area contributed by atoms with Crippen molar-refractivity contribution in [1.29, 1.82) is 5.26 Å². The maximum Gasteiger partial charge on any atom is 0.266 e. The van der Waals surface area contributed by atoms with Crippen LogP contribution in [0.2, 0.25) is 0 Å². The first-order valence-corrected chi connectivity index (χ1v) is 11.7. The number of carbonyl (C=O) groups is 1. The molecule has 0 saturated carbocycles. The van der Waals surface area contributed by atoms with E-state index < -0.39 is 5.91 Å². The summed E-state index contributed by atoms with van der Waals surface area (Å²) in [5, 5.41) is 16.9. The smallest absolute Gasteiger partial charge is 0.266 e. The fourth-order valence-electron chi connectivity index (χ4n) is 4.25. The van der Waals surface area contributed by atoms with E-state index in [1.54, 1.807) is 6.08 Å². The Labute approximate surface area is 210 Å². The maximum atomic E-state index is 13.0. The zero-order valence-electron chi connectivity index (χ0n) is 19.9. The van der Waals surface area contributed by atoms with Gasteiger partial charge in [0.05, 0.1) is 0 Å². The molecule has 0 aliphatic rings. The molecule has 5 aromatic rings. The van der Waals surface area contributed by atoms with Crippen LogP contribution in [0.1, 0.15) is 16.7 Å².